The average molecular weight is 346 g/mol. The Kier molecular flexibility index (Phi) is 7.92. The van der Waals surface area contributed by atoms with Crippen molar-refractivity contribution >= 4 is 17.5 Å². The molecule has 1 atom stereocenters. The van der Waals surface area contributed by atoms with Gasteiger partial charge in [0.25, 0.3) is 11.8 Å². The number of likely N-dealkylation sites (N-methyl/N-ethyl adjacent to an activating group) is 1. The van der Waals surface area contributed by atoms with Crippen molar-refractivity contribution in [1.82, 2.24) is 4.90 Å². The number of rotatable bonds is 6. The SMILES string of the molecule is CCc1ccccc1NC(=O)C[NH+](C)CC(=O)N1CCCCCCC1. The van der Waals surface area contributed by atoms with Crippen LogP contribution in [-0.2, 0) is 16.0 Å². The van der Waals surface area contributed by atoms with E-state index in [-0.39, 0.29) is 11.8 Å². The number of quaternary nitrogens is 1. The van der Waals surface area contributed by atoms with Crippen LogP contribution in [0.3, 0.4) is 0 Å². The molecule has 0 aliphatic carbocycles. The Morgan fingerprint density at radius 3 is 2.36 bits per heavy atom. The molecule has 0 saturated carbocycles. The summed E-state index contributed by atoms with van der Waals surface area (Å²) < 4.78 is 0. The highest BCUT2D eigenvalue weighted by molar-refractivity contribution is 5.92. The molecular formula is C20H32N3O2+. The number of nitrogens with zero attached hydrogens (tertiary/aromatic N) is 1. The molecule has 0 spiro atoms. The maximum atomic E-state index is 12.5. The Bertz CT molecular complexity index is 566. The summed E-state index contributed by atoms with van der Waals surface area (Å²) in [7, 11) is 1.91. The quantitative estimate of drug-likeness (QED) is 0.820. The van der Waals surface area contributed by atoms with Crippen molar-refractivity contribution in [3.8, 4) is 0 Å². The highest BCUT2D eigenvalue weighted by Gasteiger charge is 2.20. The van der Waals surface area contributed by atoms with Crippen LogP contribution in [0.5, 0.6) is 0 Å². The minimum atomic E-state index is -0.0427. The number of amides is 2. The van der Waals surface area contributed by atoms with E-state index in [4.69, 9.17) is 0 Å². The van der Waals surface area contributed by atoms with E-state index in [9.17, 15) is 9.59 Å². The predicted octanol–water partition coefficient (Wildman–Crippen LogP) is 1.49. The van der Waals surface area contributed by atoms with Crippen LogP contribution in [-0.4, -0.2) is 49.9 Å². The largest absolute Gasteiger partial charge is 0.338 e. The van der Waals surface area contributed by atoms with Gasteiger partial charge in [-0.15, -0.1) is 0 Å². The van der Waals surface area contributed by atoms with Crippen molar-refractivity contribution in [2.75, 3.05) is 38.5 Å². The van der Waals surface area contributed by atoms with Gasteiger partial charge >= 0.3 is 0 Å². The predicted molar refractivity (Wildman–Crippen MR) is 101 cm³/mol. The van der Waals surface area contributed by atoms with Gasteiger partial charge in [-0.2, -0.15) is 0 Å². The second-order valence-electron chi connectivity index (χ2n) is 7.02. The first-order valence-corrected chi connectivity index (χ1v) is 9.57. The molecule has 1 aliphatic heterocycles. The zero-order valence-corrected chi connectivity index (χ0v) is 15.6. The fourth-order valence-electron chi connectivity index (χ4n) is 3.35. The van der Waals surface area contributed by atoms with Gasteiger partial charge in [0.1, 0.15) is 0 Å². The normalized spacial score (nSPS) is 16.6. The summed E-state index contributed by atoms with van der Waals surface area (Å²) in [6.45, 7) is 4.48. The van der Waals surface area contributed by atoms with Crippen molar-refractivity contribution in [3.05, 3.63) is 29.8 Å². The highest BCUT2D eigenvalue weighted by atomic mass is 16.2. The lowest BCUT2D eigenvalue weighted by atomic mass is 10.1. The Morgan fingerprint density at radius 1 is 1.04 bits per heavy atom. The summed E-state index contributed by atoms with van der Waals surface area (Å²) in [5.74, 6) is 0.125. The Hall–Kier alpha value is -1.88. The van der Waals surface area contributed by atoms with E-state index in [1.807, 2.05) is 36.2 Å². The molecule has 0 radical (unpaired) electrons. The van der Waals surface area contributed by atoms with Crippen LogP contribution in [0.25, 0.3) is 0 Å². The molecule has 2 N–H and O–H groups in total. The number of para-hydroxylation sites is 1. The van der Waals surface area contributed by atoms with Gasteiger partial charge in [-0.05, 0) is 30.9 Å². The van der Waals surface area contributed by atoms with Crippen LogP contribution in [0.2, 0.25) is 0 Å². The lowest BCUT2D eigenvalue weighted by Crippen LogP contribution is -3.11. The molecular weight excluding hydrogens is 314 g/mol. The number of likely N-dealkylation sites (tertiary alicyclic amines) is 1. The molecule has 138 valence electrons. The summed E-state index contributed by atoms with van der Waals surface area (Å²) >= 11 is 0. The molecule has 0 aromatic heterocycles. The zero-order valence-electron chi connectivity index (χ0n) is 15.6. The summed E-state index contributed by atoms with van der Waals surface area (Å²) in [4.78, 5) is 27.7. The van der Waals surface area contributed by atoms with Gasteiger partial charge < -0.3 is 15.1 Å². The van der Waals surface area contributed by atoms with Gasteiger partial charge in [-0.1, -0.05) is 44.4 Å². The molecule has 1 fully saturated rings. The number of hydrogen-bond donors (Lipinski definition) is 2. The van der Waals surface area contributed by atoms with Crippen LogP contribution < -0.4 is 10.2 Å². The van der Waals surface area contributed by atoms with Crippen LogP contribution in [0, 0.1) is 0 Å². The van der Waals surface area contributed by atoms with Gasteiger partial charge in [0, 0.05) is 18.8 Å². The van der Waals surface area contributed by atoms with Crippen LogP contribution in [0.4, 0.5) is 5.69 Å². The Balaban J connectivity index is 1.81. The van der Waals surface area contributed by atoms with Crippen molar-refractivity contribution in [2.45, 2.75) is 45.4 Å². The lowest BCUT2D eigenvalue weighted by molar-refractivity contribution is -0.862. The molecule has 2 amide bonds. The minimum Gasteiger partial charge on any atom is -0.338 e. The summed E-state index contributed by atoms with van der Waals surface area (Å²) in [5, 5.41) is 2.98. The second-order valence-corrected chi connectivity index (χ2v) is 7.02. The van der Waals surface area contributed by atoms with Crippen LogP contribution >= 0.6 is 0 Å². The zero-order chi connectivity index (χ0) is 18.1. The maximum absolute atomic E-state index is 12.5. The van der Waals surface area contributed by atoms with Crippen molar-refractivity contribution < 1.29 is 14.5 Å². The third-order valence-corrected chi connectivity index (χ3v) is 4.80. The monoisotopic (exact) mass is 346 g/mol. The molecule has 1 aromatic carbocycles. The summed E-state index contributed by atoms with van der Waals surface area (Å²) in [6, 6.07) is 7.86. The molecule has 5 nitrogen and oxygen atoms in total. The van der Waals surface area contributed by atoms with E-state index in [1.54, 1.807) is 0 Å². The number of nitrogens with one attached hydrogen (secondary N) is 2. The number of carbonyl (C=O) groups excluding carboxylic acids is 2. The van der Waals surface area contributed by atoms with Gasteiger partial charge in [0.15, 0.2) is 13.1 Å². The van der Waals surface area contributed by atoms with E-state index in [0.29, 0.717) is 13.1 Å². The summed E-state index contributed by atoms with van der Waals surface area (Å²) in [6.07, 6.45) is 6.79. The molecule has 1 unspecified atom stereocenters. The molecule has 1 heterocycles. The Morgan fingerprint density at radius 2 is 1.68 bits per heavy atom. The van der Waals surface area contributed by atoms with Gasteiger partial charge in [-0.3, -0.25) is 9.59 Å². The Labute approximate surface area is 151 Å². The van der Waals surface area contributed by atoms with Gasteiger partial charge in [0.2, 0.25) is 0 Å². The van der Waals surface area contributed by atoms with E-state index >= 15 is 0 Å². The minimum absolute atomic E-state index is 0.0427. The molecule has 5 heteroatoms. The molecule has 0 bridgehead atoms. The van der Waals surface area contributed by atoms with Crippen LogP contribution in [0.1, 0.15) is 44.6 Å². The highest BCUT2D eigenvalue weighted by Crippen LogP contribution is 2.14. The molecule has 25 heavy (non-hydrogen) atoms. The standard InChI is InChI=1S/C20H31N3O2/c1-3-17-11-7-8-12-18(17)21-19(24)15-22(2)16-20(25)23-13-9-5-4-6-10-14-23/h7-8,11-12H,3-6,9-10,13-16H2,1-2H3,(H,21,24)/p+1. The van der Waals surface area contributed by atoms with Crippen molar-refractivity contribution in [1.29, 1.82) is 0 Å². The topological polar surface area (TPSA) is 53.9 Å². The number of anilines is 1. The number of aryl methyl sites for hydroxylation is 1. The average Bonchev–Trinajstić information content (AvgIpc) is 2.54. The van der Waals surface area contributed by atoms with Crippen molar-refractivity contribution in [3.63, 3.8) is 0 Å². The molecule has 1 aliphatic rings. The first-order valence-electron chi connectivity index (χ1n) is 9.57. The fourth-order valence-corrected chi connectivity index (χ4v) is 3.35. The number of carbonyl (C=O) groups is 2. The summed E-state index contributed by atoms with van der Waals surface area (Å²) in [5.41, 5.74) is 2.00. The third-order valence-electron chi connectivity index (χ3n) is 4.80. The molecule has 2 rings (SSSR count). The third kappa shape index (κ3) is 6.50. The van der Waals surface area contributed by atoms with E-state index < -0.39 is 0 Å². The number of benzene rings is 1. The maximum Gasteiger partial charge on any atom is 0.279 e. The number of hydrogen-bond acceptors (Lipinski definition) is 2. The van der Waals surface area contributed by atoms with E-state index in [0.717, 1.165) is 48.5 Å². The fraction of sp³-hybridized carbons (Fsp3) is 0.600. The molecule has 1 aromatic rings. The van der Waals surface area contributed by atoms with Gasteiger partial charge in [0.05, 0.1) is 7.05 Å². The second kappa shape index (κ2) is 10.2. The van der Waals surface area contributed by atoms with E-state index in [1.165, 1.54) is 19.3 Å². The van der Waals surface area contributed by atoms with E-state index in [2.05, 4.69) is 12.2 Å². The van der Waals surface area contributed by atoms with Crippen LogP contribution in [0.15, 0.2) is 24.3 Å². The first kappa shape index (κ1) is 19.4. The smallest absolute Gasteiger partial charge is 0.279 e. The molecule has 1 saturated heterocycles. The lowest BCUT2D eigenvalue weighted by Gasteiger charge is -2.25. The first-order chi connectivity index (χ1) is 12.1. The van der Waals surface area contributed by atoms with Crippen molar-refractivity contribution in [2.24, 2.45) is 0 Å². The van der Waals surface area contributed by atoms with Gasteiger partial charge in [-0.25, -0.2) is 0 Å².